The Balaban J connectivity index is 1.62. The molecule has 162 valence electrons. The second-order valence-corrected chi connectivity index (χ2v) is 10.1. The van der Waals surface area contributed by atoms with E-state index in [9.17, 15) is 17.6 Å². The number of unbranched alkanes of at least 4 members (excludes halogenated alkanes) is 1. The molecule has 2 heterocycles. The predicted molar refractivity (Wildman–Crippen MR) is 114 cm³/mol. The minimum Gasteiger partial charge on any atom is -0.370 e. The van der Waals surface area contributed by atoms with E-state index in [0.717, 1.165) is 38.0 Å². The van der Waals surface area contributed by atoms with Crippen LogP contribution >= 0.6 is 0 Å². The van der Waals surface area contributed by atoms with Crippen LogP contribution in [0.5, 0.6) is 0 Å². The molecule has 0 aromatic heterocycles. The number of hydrogen-bond donors (Lipinski definition) is 1. The molecule has 2 aliphatic rings. The van der Waals surface area contributed by atoms with Gasteiger partial charge in [-0.25, -0.2) is 17.1 Å². The molecular weight excluding hydrogens is 393 g/mol. The number of anilines is 2. The Morgan fingerprint density at radius 1 is 1.14 bits per heavy atom. The second-order valence-electron chi connectivity index (χ2n) is 8.04. The van der Waals surface area contributed by atoms with E-state index in [-0.39, 0.29) is 23.4 Å². The van der Waals surface area contributed by atoms with Crippen molar-refractivity contribution in [2.45, 2.75) is 51.9 Å². The molecule has 1 aromatic rings. The van der Waals surface area contributed by atoms with E-state index in [1.54, 1.807) is 6.07 Å². The summed E-state index contributed by atoms with van der Waals surface area (Å²) in [5.41, 5.74) is 1.37. The minimum absolute atomic E-state index is 0.153. The van der Waals surface area contributed by atoms with Gasteiger partial charge >= 0.3 is 0 Å². The topological polar surface area (TPSA) is 69.7 Å². The lowest BCUT2D eigenvalue weighted by molar-refractivity contribution is -0.120. The third-order valence-corrected chi connectivity index (χ3v) is 7.84. The molecule has 3 rings (SSSR count). The summed E-state index contributed by atoms with van der Waals surface area (Å²) in [7, 11) is -3.23. The van der Waals surface area contributed by atoms with Crippen LogP contribution < -0.4 is 10.2 Å². The Bertz CT molecular complexity index is 801. The molecule has 1 amide bonds. The van der Waals surface area contributed by atoms with Crippen molar-refractivity contribution in [3.8, 4) is 0 Å². The first-order valence-corrected chi connectivity index (χ1v) is 12.3. The lowest BCUT2D eigenvalue weighted by Crippen LogP contribution is -2.42. The first-order valence-electron chi connectivity index (χ1n) is 10.7. The lowest BCUT2D eigenvalue weighted by Gasteiger charge is -2.32. The number of hydrogen-bond acceptors (Lipinski definition) is 4. The van der Waals surface area contributed by atoms with Gasteiger partial charge in [0.05, 0.1) is 17.1 Å². The Hall–Kier alpha value is -1.67. The molecule has 0 radical (unpaired) electrons. The molecule has 0 aliphatic carbocycles. The quantitative estimate of drug-likeness (QED) is 0.725. The van der Waals surface area contributed by atoms with E-state index < -0.39 is 10.0 Å². The van der Waals surface area contributed by atoms with Gasteiger partial charge in [-0.15, -0.1) is 0 Å². The van der Waals surface area contributed by atoms with Crippen LogP contribution in [0.2, 0.25) is 0 Å². The Morgan fingerprint density at radius 3 is 2.48 bits per heavy atom. The molecule has 2 aliphatic heterocycles. The molecule has 2 fully saturated rings. The Morgan fingerprint density at radius 2 is 1.83 bits per heavy atom. The van der Waals surface area contributed by atoms with Gasteiger partial charge in [0.2, 0.25) is 15.9 Å². The summed E-state index contributed by atoms with van der Waals surface area (Å²) in [5, 5.41) is 2.92. The molecule has 0 bridgehead atoms. The van der Waals surface area contributed by atoms with E-state index in [2.05, 4.69) is 10.2 Å². The van der Waals surface area contributed by atoms with Crippen LogP contribution in [-0.4, -0.2) is 50.6 Å². The number of halogens is 1. The number of carbonyl (C=O) groups is 1. The molecule has 0 unspecified atom stereocenters. The second kappa shape index (κ2) is 9.89. The highest BCUT2D eigenvalue weighted by Gasteiger charge is 2.31. The van der Waals surface area contributed by atoms with E-state index >= 15 is 0 Å². The first-order chi connectivity index (χ1) is 13.9. The minimum atomic E-state index is -3.23. The fourth-order valence-corrected chi connectivity index (χ4v) is 5.78. The number of nitrogens with zero attached hydrogens (tertiary/aromatic N) is 2. The predicted octanol–water partition coefficient (Wildman–Crippen LogP) is 3.60. The molecule has 8 heteroatoms. The number of amides is 1. The highest BCUT2D eigenvalue weighted by molar-refractivity contribution is 7.89. The lowest BCUT2D eigenvalue weighted by atomic mass is 9.97. The highest BCUT2D eigenvalue weighted by Crippen LogP contribution is 2.31. The zero-order chi connectivity index (χ0) is 20.9. The van der Waals surface area contributed by atoms with Gasteiger partial charge in [-0.1, -0.05) is 13.3 Å². The van der Waals surface area contributed by atoms with Gasteiger partial charge in [-0.05, 0) is 56.7 Å². The number of nitrogens with one attached hydrogen (secondary N) is 1. The van der Waals surface area contributed by atoms with Crippen molar-refractivity contribution in [1.82, 2.24) is 4.31 Å². The van der Waals surface area contributed by atoms with Gasteiger partial charge in [0.15, 0.2) is 0 Å². The average molecular weight is 426 g/mol. The van der Waals surface area contributed by atoms with Crippen molar-refractivity contribution in [3.63, 3.8) is 0 Å². The van der Waals surface area contributed by atoms with E-state index in [1.807, 2.05) is 6.92 Å². The molecule has 0 spiro atoms. The van der Waals surface area contributed by atoms with Gasteiger partial charge in [0.25, 0.3) is 0 Å². The van der Waals surface area contributed by atoms with Gasteiger partial charge in [0.1, 0.15) is 5.82 Å². The summed E-state index contributed by atoms with van der Waals surface area (Å²) in [6.07, 6.45) is 5.86. The fourth-order valence-electron chi connectivity index (χ4n) is 4.11. The average Bonchev–Trinajstić information content (AvgIpc) is 2.73. The van der Waals surface area contributed by atoms with Gasteiger partial charge < -0.3 is 10.2 Å². The summed E-state index contributed by atoms with van der Waals surface area (Å²) in [5.74, 6) is -0.620. The molecule has 29 heavy (non-hydrogen) atoms. The monoisotopic (exact) mass is 425 g/mol. The van der Waals surface area contributed by atoms with Crippen LogP contribution in [-0.2, 0) is 14.8 Å². The van der Waals surface area contributed by atoms with Crippen LogP contribution in [0.3, 0.4) is 0 Å². The normalized spacial score (nSPS) is 19.3. The van der Waals surface area contributed by atoms with Crippen molar-refractivity contribution in [2.75, 3.05) is 42.1 Å². The smallest absolute Gasteiger partial charge is 0.227 e. The zero-order valence-corrected chi connectivity index (χ0v) is 18.0. The number of benzene rings is 1. The molecular formula is C21H32FN3O3S. The summed E-state index contributed by atoms with van der Waals surface area (Å²) >= 11 is 0. The summed E-state index contributed by atoms with van der Waals surface area (Å²) in [6.45, 7) is 4.51. The van der Waals surface area contributed by atoms with Crippen molar-refractivity contribution < 1.29 is 17.6 Å². The summed E-state index contributed by atoms with van der Waals surface area (Å²) in [4.78, 5) is 15.0. The zero-order valence-electron chi connectivity index (χ0n) is 17.2. The van der Waals surface area contributed by atoms with E-state index in [0.29, 0.717) is 38.0 Å². The molecule has 0 atom stereocenters. The van der Waals surface area contributed by atoms with Gasteiger partial charge in [-0.2, -0.15) is 0 Å². The highest BCUT2D eigenvalue weighted by atomic mass is 32.2. The van der Waals surface area contributed by atoms with Crippen molar-refractivity contribution in [2.24, 2.45) is 5.92 Å². The van der Waals surface area contributed by atoms with Gasteiger partial charge in [0, 0.05) is 32.1 Å². The number of sulfonamides is 1. The van der Waals surface area contributed by atoms with Crippen LogP contribution in [0.4, 0.5) is 15.8 Å². The maximum absolute atomic E-state index is 13.8. The maximum Gasteiger partial charge on any atom is 0.227 e. The molecule has 0 saturated carbocycles. The van der Waals surface area contributed by atoms with Crippen LogP contribution in [0, 0.1) is 11.7 Å². The third-order valence-electron chi connectivity index (χ3n) is 5.89. The number of carbonyl (C=O) groups excluding carboxylic acids is 1. The van der Waals surface area contributed by atoms with Crippen molar-refractivity contribution in [1.29, 1.82) is 0 Å². The summed E-state index contributed by atoms with van der Waals surface area (Å²) in [6, 6.07) is 4.55. The Labute approximate surface area is 173 Å². The van der Waals surface area contributed by atoms with Crippen LogP contribution in [0.1, 0.15) is 51.9 Å². The standard InChI is InChI=1S/C21H32FN3O3S/c1-2-3-15-29(27,28)25-13-9-17(10-14-25)21(26)23-19-16-18(22)7-8-20(19)24-11-5-4-6-12-24/h7-8,16-17H,2-6,9-15H2,1H3,(H,23,26). The molecule has 1 N–H and O–H groups in total. The van der Waals surface area contributed by atoms with E-state index in [1.165, 1.54) is 22.9 Å². The van der Waals surface area contributed by atoms with E-state index in [4.69, 9.17) is 0 Å². The largest absolute Gasteiger partial charge is 0.370 e. The first kappa shape index (κ1) is 22.0. The fraction of sp³-hybridized carbons (Fsp3) is 0.667. The summed E-state index contributed by atoms with van der Waals surface area (Å²) < 4.78 is 40.1. The van der Waals surface area contributed by atoms with Crippen LogP contribution in [0.15, 0.2) is 18.2 Å². The van der Waals surface area contributed by atoms with Crippen LogP contribution in [0.25, 0.3) is 0 Å². The third kappa shape index (κ3) is 5.69. The van der Waals surface area contributed by atoms with Gasteiger partial charge in [-0.3, -0.25) is 4.79 Å². The van der Waals surface area contributed by atoms with Crippen molar-refractivity contribution in [3.05, 3.63) is 24.0 Å². The Kier molecular flexibility index (Phi) is 7.51. The maximum atomic E-state index is 13.8. The SMILES string of the molecule is CCCCS(=O)(=O)N1CCC(C(=O)Nc2cc(F)ccc2N2CCCCC2)CC1. The number of piperidine rings is 2. The molecule has 6 nitrogen and oxygen atoms in total. The molecule has 1 aromatic carbocycles. The molecule has 2 saturated heterocycles. The number of rotatable bonds is 7. The van der Waals surface area contributed by atoms with Crippen molar-refractivity contribution >= 4 is 27.3 Å².